The minimum Gasteiger partial charge on any atom is -0.338 e. The van der Waals surface area contributed by atoms with E-state index in [1.807, 2.05) is 11.8 Å². The van der Waals surface area contributed by atoms with Crippen LogP contribution < -0.4 is 16.0 Å². The van der Waals surface area contributed by atoms with E-state index in [2.05, 4.69) is 47.1 Å². The summed E-state index contributed by atoms with van der Waals surface area (Å²) in [7, 11) is 0. The molecule has 0 unspecified atom stereocenters. The van der Waals surface area contributed by atoms with Crippen LogP contribution in [-0.4, -0.2) is 37.5 Å². The topological polar surface area (TPSA) is 53.2 Å². The Morgan fingerprint density at radius 3 is 2.95 bits per heavy atom. The van der Waals surface area contributed by atoms with Gasteiger partial charge in [0, 0.05) is 18.3 Å². The normalized spacial score (nSPS) is 15.5. The molecule has 2 rings (SSSR count). The van der Waals surface area contributed by atoms with Crippen molar-refractivity contribution in [3.8, 4) is 0 Å². The molecule has 0 saturated carbocycles. The minimum absolute atomic E-state index is 0.0180. The quantitative estimate of drug-likeness (QED) is 0.677. The number of hydrogen-bond donors (Lipinski definition) is 3. The molecule has 0 bridgehead atoms. The zero-order chi connectivity index (χ0) is 15.6. The molecule has 4 nitrogen and oxygen atoms in total. The lowest BCUT2D eigenvalue weighted by Crippen LogP contribution is -2.46. The van der Waals surface area contributed by atoms with Crippen LogP contribution in [0.15, 0.2) is 24.3 Å². The Labute approximate surface area is 137 Å². The maximum Gasteiger partial charge on any atom is 0.315 e. The van der Waals surface area contributed by atoms with Gasteiger partial charge < -0.3 is 16.0 Å². The van der Waals surface area contributed by atoms with Crippen LogP contribution in [0, 0.1) is 6.92 Å². The molecule has 2 amide bonds. The van der Waals surface area contributed by atoms with Crippen LogP contribution >= 0.6 is 11.8 Å². The summed E-state index contributed by atoms with van der Waals surface area (Å²) in [6.07, 6.45) is 3.07. The van der Waals surface area contributed by atoms with Crippen molar-refractivity contribution in [1.29, 1.82) is 0 Å². The van der Waals surface area contributed by atoms with Crippen LogP contribution in [0.4, 0.5) is 4.79 Å². The predicted octanol–water partition coefficient (Wildman–Crippen LogP) is 2.67. The van der Waals surface area contributed by atoms with Crippen LogP contribution in [0.1, 0.15) is 30.4 Å². The third-order valence-electron chi connectivity index (χ3n) is 3.78. The molecule has 1 aromatic carbocycles. The van der Waals surface area contributed by atoms with E-state index >= 15 is 0 Å². The first-order chi connectivity index (χ1) is 10.7. The average Bonchev–Trinajstić information content (AvgIpc) is 2.52. The van der Waals surface area contributed by atoms with Gasteiger partial charge in [-0.15, -0.1) is 0 Å². The first-order valence-electron chi connectivity index (χ1n) is 8.12. The zero-order valence-electron chi connectivity index (χ0n) is 13.4. The second kappa shape index (κ2) is 9.74. The number of carbonyl (C=O) groups is 1. The number of piperidine rings is 1. The molecular weight excluding hydrogens is 294 g/mol. The first kappa shape index (κ1) is 17.2. The van der Waals surface area contributed by atoms with Gasteiger partial charge in [0.25, 0.3) is 0 Å². The number of thioether (sulfide) groups is 1. The summed E-state index contributed by atoms with van der Waals surface area (Å²) in [6.45, 7) is 4.87. The molecule has 5 heteroatoms. The monoisotopic (exact) mass is 321 g/mol. The Morgan fingerprint density at radius 1 is 1.36 bits per heavy atom. The van der Waals surface area contributed by atoms with Crippen molar-refractivity contribution in [3.63, 3.8) is 0 Å². The van der Waals surface area contributed by atoms with Gasteiger partial charge in [-0.2, -0.15) is 11.8 Å². The second-order valence-corrected chi connectivity index (χ2v) is 6.92. The molecule has 1 aliphatic rings. The van der Waals surface area contributed by atoms with Crippen molar-refractivity contribution in [2.24, 2.45) is 0 Å². The highest BCUT2D eigenvalue weighted by atomic mass is 32.2. The molecule has 1 fully saturated rings. The fraction of sp³-hybridized carbons (Fsp3) is 0.588. The summed E-state index contributed by atoms with van der Waals surface area (Å²) in [5.41, 5.74) is 2.69. The van der Waals surface area contributed by atoms with E-state index in [0.717, 1.165) is 50.4 Å². The smallest absolute Gasteiger partial charge is 0.315 e. The molecule has 3 N–H and O–H groups in total. The molecule has 0 radical (unpaired) electrons. The fourth-order valence-electron chi connectivity index (χ4n) is 2.57. The van der Waals surface area contributed by atoms with Crippen LogP contribution in [0.3, 0.4) is 0 Å². The molecule has 0 aliphatic carbocycles. The molecule has 0 atom stereocenters. The third-order valence-corrected chi connectivity index (χ3v) is 4.89. The van der Waals surface area contributed by atoms with Gasteiger partial charge in [-0.25, -0.2) is 4.79 Å². The van der Waals surface area contributed by atoms with E-state index < -0.39 is 0 Å². The number of urea groups is 1. The highest BCUT2D eigenvalue weighted by Crippen LogP contribution is 2.14. The average molecular weight is 321 g/mol. The summed E-state index contributed by atoms with van der Waals surface area (Å²) < 4.78 is 0. The van der Waals surface area contributed by atoms with Gasteiger partial charge in [-0.05, 0) is 50.6 Å². The number of carbonyl (C=O) groups excluding carboxylic acids is 1. The van der Waals surface area contributed by atoms with Crippen molar-refractivity contribution < 1.29 is 4.79 Å². The molecule has 1 saturated heterocycles. The van der Waals surface area contributed by atoms with E-state index in [1.54, 1.807) is 0 Å². The van der Waals surface area contributed by atoms with Crippen LogP contribution in [0.5, 0.6) is 0 Å². The number of hydrogen-bond acceptors (Lipinski definition) is 3. The summed E-state index contributed by atoms with van der Waals surface area (Å²) in [5, 5.41) is 9.30. The van der Waals surface area contributed by atoms with Crippen molar-refractivity contribution >= 4 is 17.8 Å². The molecule has 22 heavy (non-hydrogen) atoms. The number of aryl methyl sites for hydroxylation is 1. The largest absolute Gasteiger partial charge is 0.338 e. The zero-order valence-corrected chi connectivity index (χ0v) is 14.2. The van der Waals surface area contributed by atoms with Gasteiger partial charge in [0.1, 0.15) is 0 Å². The predicted molar refractivity (Wildman–Crippen MR) is 94.4 cm³/mol. The van der Waals surface area contributed by atoms with Crippen molar-refractivity contribution in [3.05, 3.63) is 35.4 Å². The minimum atomic E-state index is -0.0180. The molecule has 1 aliphatic heterocycles. The van der Waals surface area contributed by atoms with Crippen LogP contribution in [0.2, 0.25) is 0 Å². The lowest BCUT2D eigenvalue weighted by atomic mass is 10.1. The summed E-state index contributed by atoms with van der Waals surface area (Å²) in [5.74, 6) is 2.12. The van der Waals surface area contributed by atoms with Crippen LogP contribution in [-0.2, 0) is 5.75 Å². The summed E-state index contributed by atoms with van der Waals surface area (Å²) >= 11 is 1.92. The Morgan fingerprint density at radius 2 is 2.18 bits per heavy atom. The second-order valence-electron chi connectivity index (χ2n) is 5.82. The van der Waals surface area contributed by atoms with Crippen LogP contribution in [0.25, 0.3) is 0 Å². The molecule has 1 heterocycles. The lowest BCUT2D eigenvalue weighted by molar-refractivity contribution is 0.233. The maximum absolute atomic E-state index is 11.8. The number of benzene rings is 1. The van der Waals surface area contributed by atoms with Gasteiger partial charge in [-0.3, -0.25) is 0 Å². The third kappa shape index (κ3) is 6.71. The van der Waals surface area contributed by atoms with Gasteiger partial charge in [0.2, 0.25) is 0 Å². The van der Waals surface area contributed by atoms with Crippen molar-refractivity contribution in [2.75, 3.05) is 25.4 Å². The number of nitrogens with one attached hydrogen (secondary N) is 3. The van der Waals surface area contributed by atoms with Gasteiger partial charge in [0.05, 0.1) is 0 Å². The molecule has 0 spiro atoms. The molecule has 0 aromatic heterocycles. The van der Waals surface area contributed by atoms with Crippen molar-refractivity contribution in [1.82, 2.24) is 16.0 Å². The van der Waals surface area contributed by atoms with E-state index in [4.69, 9.17) is 0 Å². The summed E-state index contributed by atoms with van der Waals surface area (Å²) in [6, 6.07) is 8.95. The van der Waals surface area contributed by atoms with E-state index in [9.17, 15) is 4.79 Å². The van der Waals surface area contributed by atoms with E-state index in [0.29, 0.717) is 6.04 Å². The SMILES string of the molecule is Cc1cccc(CSCCCNC(=O)NC2CCNCC2)c1. The van der Waals surface area contributed by atoms with Gasteiger partial charge >= 0.3 is 6.03 Å². The van der Waals surface area contributed by atoms with Crippen molar-refractivity contribution in [2.45, 2.75) is 38.0 Å². The Kier molecular flexibility index (Phi) is 7.60. The fourth-order valence-corrected chi connectivity index (χ4v) is 3.48. The standard InChI is InChI=1S/C17H27N3OS/c1-14-4-2-5-15(12-14)13-22-11-3-8-19-17(21)20-16-6-9-18-10-7-16/h2,4-5,12,16,18H,3,6-11,13H2,1H3,(H2,19,20,21). The molecule has 1 aromatic rings. The van der Waals surface area contributed by atoms with E-state index in [-0.39, 0.29) is 6.03 Å². The van der Waals surface area contributed by atoms with Gasteiger partial charge in [0.15, 0.2) is 0 Å². The van der Waals surface area contributed by atoms with Gasteiger partial charge in [-0.1, -0.05) is 29.8 Å². The summed E-state index contributed by atoms with van der Waals surface area (Å²) in [4.78, 5) is 11.8. The van der Waals surface area contributed by atoms with E-state index in [1.165, 1.54) is 11.1 Å². The number of amides is 2. The Balaban J connectivity index is 1.49. The maximum atomic E-state index is 11.8. The molecule has 122 valence electrons. The highest BCUT2D eigenvalue weighted by molar-refractivity contribution is 7.98. The lowest BCUT2D eigenvalue weighted by Gasteiger charge is -2.23. The molecular formula is C17H27N3OS. The Bertz CT molecular complexity index is 461. The Hall–Kier alpha value is -1.20. The highest BCUT2D eigenvalue weighted by Gasteiger charge is 2.14. The first-order valence-corrected chi connectivity index (χ1v) is 9.28. The number of rotatable bonds is 7.